The Balaban J connectivity index is 1.84. The molecule has 0 radical (unpaired) electrons. The maximum absolute atomic E-state index is 13.4. The molecular weight excluding hydrogens is 299 g/mol. The lowest BCUT2D eigenvalue weighted by Gasteiger charge is -2.44. The molecule has 6 heteroatoms. The van der Waals surface area contributed by atoms with Gasteiger partial charge in [-0.1, -0.05) is 6.07 Å². The van der Waals surface area contributed by atoms with Crippen molar-refractivity contribution in [3.63, 3.8) is 0 Å². The van der Waals surface area contributed by atoms with Crippen LogP contribution in [0.1, 0.15) is 30.0 Å². The van der Waals surface area contributed by atoms with Crippen LogP contribution in [0.4, 0.5) is 9.18 Å². The Morgan fingerprint density at radius 1 is 1.30 bits per heavy atom. The van der Waals surface area contributed by atoms with Crippen molar-refractivity contribution in [3.05, 3.63) is 35.1 Å². The zero-order valence-electron chi connectivity index (χ0n) is 13.4. The molecule has 2 heterocycles. The SMILES string of the molecule is Cc1cc(F)ccc1[C@H]1C[C@@H](N2CCOCC2)CCN1C(=O)O. The van der Waals surface area contributed by atoms with E-state index in [1.807, 2.05) is 6.92 Å². The van der Waals surface area contributed by atoms with Crippen molar-refractivity contribution >= 4 is 6.09 Å². The van der Waals surface area contributed by atoms with Gasteiger partial charge in [0.1, 0.15) is 5.82 Å². The monoisotopic (exact) mass is 322 g/mol. The second-order valence-electron chi connectivity index (χ2n) is 6.32. The Hall–Kier alpha value is -1.66. The molecule has 2 fully saturated rings. The minimum atomic E-state index is -0.904. The minimum Gasteiger partial charge on any atom is -0.465 e. The number of halogens is 1. The lowest BCUT2D eigenvalue weighted by molar-refractivity contribution is -0.00815. The molecule has 0 unspecified atom stereocenters. The summed E-state index contributed by atoms with van der Waals surface area (Å²) in [6.07, 6.45) is 0.682. The Kier molecular flexibility index (Phi) is 4.82. The summed E-state index contributed by atoms with van der Waals surface area (Å²) in [7, 11) is 0. The van der Waals surface area contributed by atoms with Gasteiger partial charge in [-0.2, -0.15) is 0 Å². The van der Waals surface area contributed by atoms with Crippen LogP contribution in [0.3, 0.4) is 0 Å². The molecule has 0 bridgehead atoms. The van der Waals surface area contributed by atoms with Gasteiger partial charge in [-0.15, -0.1) is 0 Å². The molecule has 3 rings (SSSR count). The predicted molar refractivity (Wildman–Crippen MR) is 84.0 cm³/mol. The number of hydrogen-bond acceptors (Lipinski definition) is 3. The molecule has 1 N–H and O–H groups in total. The average molecular weight is 322 g/mol. The molecule has 0 aliphatic carbocycles. The normalized spacial score (nSPS) is 26.3. The van der Waals surface area contributed by atoms with Crippen molar-refractivity contribution in [2.24, 2.45) is 0 Å². The molecule has 23 heavy (non-hydrogen) atoms. The van der Waals surface area contributed by atoms with Gasteiger partial charge in [0, 0.05) is 25.7 Å². The van der Waals surface area contributed by atoms with E-state index in [4.69, 9.17) is 4.74 Å². The highest BCUT2D eigenvalue weighted by Crippen LogP contribution is 2.35. The maximum atomic E-state index is 13.4. The van der Waals surface area contributed by atoms with Gasteiger partial charge < -0.3 is 14.7 Å². The first kappa shape index (κ1) is 16.2. The van der Waals surface area contributed by atoms with E-state index < -0.39 is 6.09 Å². The largest absolute Gasteiger partial charge is 0.465 e. The number of amides is 1. The minimum absolute atomic E-state index is 0.213. The first-order chi connectivity index (χ1) is 11.1. The van der Waals surface area contributed by atoms with Gasteiger partial charge in [0.2, 0.25) is 0 Å². The zero-order valence-corrected chi connectivity index (χ0v) is 13.4. The summed E-state index contributed by atoms with van der Waals surface area (Å²) in [4.78, 5) is 15.5. The van der Waals surface area contributed by atoms with Crippen LogP contribution in [-0.2, 0) is 4.74 Å². The summed E-state index contributed by atoms with van der Waals surface area (Å²) in [5.41, 5.74) is 1.72. The van der Waals surface area contributed by atoms with E-state index >= 15 is 0 Å². The molecule has 1 amide bonds. The fraction of sp³-hybridized carbons (Fsp3) is 0.588. The second kappa shape index (κ2) is 6.84. The summed E-state index contributed by atoms with van der Waals surface area (Å²) in [5.74, 6) is -0.284. The highest BCUT2D eigenvalue weighted by Gasteiger charge is 2.36. The Bertz CT molecular complexity index is 575. The Labute approximate surface area is 135 Å². The summed E-state index contributed by atoms with van der Waals surface area (Å²) >= 11 is 0. The number of rotatable bonds is 2. The fourth-order valence-corrected chi connectivity index (χ4v) is 3.76. The third kappa shape index (κ3) is 3.48. The molecule has 1 aromatic rings. The number of morpholine rings is 1. The van der Waals surface area contributed by atoms with E-state index in [-0.39, 0.29) is 11.9 Å². The zero-order chi connectivity index (χ0) is 16.4. The Morgan fingerprint density at radius 2 is 2.04 bits per heavy atom. The van der Waals surface area contributed by atoms with Crippen molar-refractivity contribution < 1.29 is 19.0 Å². The number of nitrogens with zero attached hydrogens (tertiary/aromatic N) is 2. The maximum Gasteiger partial charge on any atom is 0.407 e. The predicted octanol–water partition coefficient (Wildman–Crippen LogP) is 2.65. The van der Waals surface area contributed by atoms with Gasteiger partial charge >= 0.3 is 6.09 Å². The molecule has 5 nitrogen and oxygen atoms in total. The molecule has 2 saturated heterocycles. The van der Waals surface area contributed by atoms with Crippen LogP contribution in [0.2, 0.25) is 0 Å². The number of aryl methyl sites for hydroxylation is 1. The van der Waals surface area contributed by atoms with Crippen molar-refractivity contribution in [1.29, 1.82) is 0 Å². The average Bonchev–Trinajstić information content (AvgIpc) is 2.55. The number of hydrogen-bond donors (Lipinski definition) is 1. The van der Waals surface area contributed by atoms with E-state index in [1.54, 1.807) is 6.07 Å². The molecule has 126 valence electrons. The van der Waals surface area contributed by atoms with Gasteiger partial charge in [0.15, 0.2) is 0 Å². The van der Waals surface area contributed by atoms with Crippen LogP contribution in [0, 0.1) is 12.7 Å². The standard InChI is InChI=1S/C17H23FN2O3/c1-12-10-13(18)2-3-15(12)16-11-14(4-5-20(16)17(21)22)19-6-8-23-9-7-19/h2-3,10,14,16H,4-9,11H2,1H3,(H,21,22)/t14-,16+/m0/s1. The smallest absolute Gasteiger partial charge is 0.407 e. The number of carboxylic acid groups (broad SMARTS) is 1. The first-order valence-corrected chi connectivity index (χ1v) is 8.13. The van der Waals surface area contributed by atoms with Crippen LogP contribution >= 0.6 is 0 Å². The van der Waals surface area contributed by atoms with E-state index in [0.717, 1.165) is 50.3 Å². The van der Waals surface area contributed by atoms with Crippen molar-refractivity contribution in [1.82, 2.24) is 9.80 Å². The van der Waals surface area contributed by atoms with E-state index in [0.29, 0.717) is 12.6 Å². The highest BCUT2D eigenvalue weighted by atomic mass is 19.1. The highest BCUT2D eigenvalue weighted by molar-refractivity contribution is 5.66. The summed E-state index contributed by atoms with van der Waals surface area (Å²) < 4.78 is 18.8. The third-order valence-electron chi connectivity index (χ3n) is 4.97. The molecule has 1 aromatic carbocycles. The molecule has 2 aliphatic rings. The first-order valence-electron chi connectivity index (χ1n) is 8.13. The lowest BCUT2D eigenvalue weighted by atomic mass is 9.89. The molecular formula is C17H23FN2O3. The molecule has 2 atom stereocenters. The quantitative estimate of drug-likeness (QED) is 0.909. The molecule has 0 spiro atoms. The van der Waals surface area contributed by atoms with Crippen molar-refractivity contribution in [2.45, 2.75) is 31.8 Å². The van der Waals surface area contributed by atoms with Gasteiger partial charge in [0.05, 0.1) is 19.3 Å². The molecule has 2 aliphatic heterocycles. The molecule has 0 saturated carbocycles. The lowest BCUT2D eigenvalue weighted by Crippen LogP contribution is -2.51. The van der Waals surface area contributed by atoms with Gasteiger partial charge in [-0.05, 0) is 43.0 Å². The van der Waals surface area contributed by atoms with Crippen LogP contribution in [0.5, 0.6) is 0 Å². The number of carbonyl (C=O) groups is 1. The topological polar surface area (TPSA) is 53.0 Å². The van der Waals surface area contributed by atoms with Crippen LogP contribution in [-0.4, -0.2) is 59.9 Å². The van der Waals surface area contributed by atoms with Crippen molar-refractivity contribution in [2.75, 3.05) is 32.8 Å². The van der Waals surface area contributed by atoms with Gasteiger partial charge in [-0.3, -0.25) is 4.90 Å². The van der Waals surface area contributed by atoms with Crippen LogP contribution in [0.15, 0.2) is 18.2 Å². The number of likely N-dealkylation sites (tertiary alicyclic amines) is 1. The Morgan fingerprint density at radius 3 is 2.70 bits per heavy atom. The van der Waals surface area contributed by atoms with E-state index in [9.17, 15) is 14.3 Å². The second-order valence-corrected chi connectivity index (χ2v) is 6.32. The fourth-order valence-electron chi connectivity index (χ4n) is 3.76. The van der Waals surface area contributed by atoms with Gasteiger partial charge in [0.25, 0.3) is 0 Å². The number of piperidine rings is 1. The van der Waals surface area contributed by atoms with Crippen LogP contribution < -0.4 is 0 Å². The summed E-state index contributed by atoms with van der Waals surface area (Å²) in [5, 5.41) is 9.53. The number of benzene rings is 1. The summed E-state index contributed by atoms with van der Waals surface area (Å²) in [6.45, 7) is 5.62. The summed E-state index contributed by atoms with van der Waals surface area (Å²) in [6, 6.07) is 4.76. The van der Waals surface area contributed by atoms with E-state index in [2.05, 4.69) is 4.90 Å². The van der Waals surface area contributed by atoms with Crippen LogP contribution in [0.25, 0.3) is 0 Å². The van der Waals surface area contributed by atoms with Crippen molar-refractivity contribution in [3.8, 4) is 0 Å². The third-order valence-corrected chi connectivity index (χ3v) is 4.97. The molecule has 0 aromatic heterocycles. The van der Waals surface area contributed by atoms with Gasteiger partial charge in [-0.25, -0.2) is 9.18 Å². The van der Waals surface area contributed by atoms with E-state index in [1.165, 1.54) is 17.0 Å². The number of ether oxygens (including phenoxy) is 1.